The first-order valence-corrected chi connectivity index (χ1v) is 7.27. The molecule has 1 unspecified atom stereocenters. The lowest BCUT2D eigenvalue weighted by Gasteiger charge is -2.22. The smallest absolute Gasteiger partial charge is 0.237 e. The third-order valence-corrected chi connectivity index (χ3v) is 3.73. The molecule has 5 nitrogen and oxygen atoms in total. The van der Waals surface area contributed by atoms with Crippen LogP contribution in [0.3, 0.4) is 0 Å². The Bertz CT molecular complexity index is 553. The van der Waals surface area contributed by atoms with Gasteiger partial charge in [-0.3, -0.25) is 4.79 Å². The molecule has 2 heterocycles. The number of carbonyl (C=O) groups is 1. The fourth-order valence-electron chi connectivity index (χ4n) is 2.63. The molecule has 20 heavy (non-hydrogen) atoms. The molecular formula is C15H20N4O. The van der Waals surface area contributed by atoms with Gasteiger partial charge in [-0.05, 0) is 31.5 Å². The zero-order valence-corrected chi connectivity index (χ0v) is 11.5. The van der Waals surface area contributed by atoms with Gasteiger partial charge in [-0.1, -0.05) is 18.6 Å². The highest BCUT2D eigenvalue weighted by molar-refractivity contribution is 5.81. The SMILES string of the molecule is O=C(NCCc1nc2ccccc2[nH]1)C1CCCCN1. The Balaban J connectivity index is 1.50. The topological polar surface area (TPSA) is 69.8 Å². The highest BCUT2D eigenvalue weighted by atomic mass is 16.2. The summed E-state index contributed by atoms with van der Waals surface area (Å²) in [6.07, 6.45) is 3.97. The summed E-state index contributed by atoms with van der Waals surface area (Å²) in [7, 11) is 0. The van der Waals surface area contributed by atoms with E-state index in [9.17, 15) is 4.79 Å². The highest BCUT2D eigenvalue weighted by Crippen LogP contribution is 2.10. The Labute approximate surface area is 118 Å². The molecule has 5 heteroatoms. The zero-order chi connectivity index (χ0) is 13.8. The molecule has 1 fully saturated rings. The number of aromatic nitrogens is 2. The molecule has 2 aromatic rings. The van der Waals surface area contributed by atoms with E-state index in [1.165, 1.54) is 6.42 Å². The lowest BCUT2D eigenvalue weighted by atomic mass is 10.0. The summed E-state index contributed by atoms with van der Waals surface area (Å²) < 4.78 is 0. The predicted octanol–water partition coefficient (Wildman–Crippen LogP) is 1.36. The van der Waals surface area contributed by atoms with Crippen LogP contribution in [0.1, 0.15) is 25.1 Å². The van der Waals surface area contributed by atoms with Crippen molar-refractivity contribution in [2.75, 3.05) is 13.1 Å². The highest BCUT2D eigenvalue weighted by Gasteiger charge is 2.19. The minimum Gasteiger partial charge on any atom is -0.354 e. The van der Waals surface area contributed by atoms with Gasteiger partial charge in [-0.2, -0.15) is 0 Å². The summed E-state index contributed by atoms with van der Waals surface area (Å²) in [6.45, 7) is 1.57. The molecule has 1 aliphatic rings. The number of hydrogen-bond donors (Lipinski definition) is 3. The number of piperidine rings is 1. The molecule has 106 valence electrons. The van der Waals surface area contributed by atoms with Crippen molar-refractivity contribution < 1.29 is 4.79 Å². The van der Waals surface area contributed by atoms with Crippen LogP contribution in [0.2, 0.25) is 0 Å². The van der Waals surface area contributed by atoms with E-state index in [-0.39, 0.29) is 11.9 Å². The molecule has 1 amide bonds. The van der Waals surface area contributed by atoms with E-state index in [0.29, 0.717) is 6.54 Å². The molecule has 0 bridgehead atoms. The normalized spacial score (nSPS) is 19.1. The minimum atomic E-state index is -0.0144. The summed E-state index contributed by atoms with van der Waals surface area (Å²) in [6, 6.07) is 7.94. The van der Waals surface area contributed by atoms with Crippen LogP contribution in [0.25, 0.3) is 11.0 Å². The molecular weight excluding hydrogens is 252 g/mol. The number of nitrogens with zero attached hydrogens (tertiary/aromatic N) is 1. The van der Waals surface area contributed by atoms with Crippen LogP contribution in [0, 0.1) is 0 Å². The number of para-hydroxylation sites is 2. The van der Waals surface area contributed by atoms with Gasteiger partial charge >= 0.3 is 0 Å². The monoisotopic (exact) mass is 272 g/mol. The first-order chi connectivity index (χ1) is 9.83. The number of aromatic amines is 1. The second kappa shape index (κ2) is 6.05. The predicted molar refractivity (Wildman–Crippen MR) is 78.4 cm³/mol. The summed E-state index contributed by atoms with van der Waals surface area (Å²) >= 11 is 0. The van der Waals surface area contributed by atoms with Gasteiger partial charge in [0.25, 0.3) is 0 Å². The molecule has 0 aliphatic carbocycles. The van der Waals surface area contributed by atoms with Gasteiger partial charge in [-0.15, -0.1) is 0 Å². The first-order valence-electron chi connectivity index (χ1n) is 7.27. The second-order valence-corrected chi connectivity index (χ2v) is 5.24. The lowest BCUT2D eigenvalue weighted by Crippen LogP contribution is -2.47. The van der Waals surface area contributed by atoms with Crippen molar-refractivity contribution in [3.05, 3.63) is 30.1 Å². The van der Waals surface area contributed by atoms with Gasteiger partial charge in [0.1, 0.15) is 5.82 Å². The molecule has 1 saturated heterocycles. The van der Waals surface area contributed by atoms with E-state index in [0.717, 1.165) is 42.7 Å². The molecule has 3 N–H and O–H groups in total. The van der Waals surface area contributed by atoms with Gasteiger partial charge < -0.3 is 15.6 Å². The molecule has 0 saturated carbocycles. The van der Waals surface area contributed by atoms with Crippen LogP contribution in [0.4, 0.5) is 0 Å². The van der Waals surface area contributed by atoms with E-state index < -0.39 is 0 Å². The fourth-order valence-corrected chi connectivity index (χ4v) is 2.63. The Morgan fingerprint density at radius 2 is 2.25 bits per heavy atom. The second-order valence-electron chi connectivity index (χ2n) is 5.24. The van der Waals surface area contributed by atoms with Crippen molar-refractivity contribution >= 4 is 16.9 Å². The summed E-state index contributed by atoms with van der Waals surface area (Å²) in [5, 5.41) is 6.24. The van der Waals surface area contributed by atoms with E-state index in [2.05, 4.69) is 20.6 Å². The largest absolute Gasteiger partial charge is 0.354 e. The van der Waals surface area contributed by atoms with Crippen molar-refractivity contribution in [1.29, 1.82) is 0 Å². The van der Waals surface area contributed by atoms with Crippen molar-refractivity contribution in [3.8, 4) is 0 Å². The first kappa shape index (κ1) is 13.1. The minimum absolute atomic E-state index is 0.0144. The molecule has 0 spiro atoms. The van der Waals surface area contributed by atoms with Crippen LogP contribution in [0.15, 0.2) is 24.3 Å². The summed E-state index contributed by atoms with van der Waals surface area (Å²) in [5.74, 6) is 1.03. The Kier molecular flexibility index (Phi) is 3.97. The Hall–Kier alpha value is -1.88. The number of fused-ring (bicyclic) bond motifs is 1. The standard InChI is InChI=1S/C15H20N4O/c20-15(13-7-3-4-9-16-13)17-10-8-14-18-11-5-1-2-6-12(11)19-14/h1-2,5-6,13,16H,3-4,7-10H2,(H,17,20)(H,18,19). The zero-order valence-electron chi connectivity index (χ0n) is 11.5. The number of amides is 1. The third-order valence-electron chi connectivity index (χ3n) is 3.73. The average molecular weight is 272 g/mol. The maximum absolute atomic E-state index is 12.0. The van der Waals surface area contributed by atoms with Crippen molar-refractivity contribution in [1.82, 2.24) is 20.6 Å². The Morgan fingerprint density at radius 3 is 3.05 bits per heavy atom. The molecule has 0 radical (unpaired) electrons. The number of hydrogen-bond acceptors (Lipinski definition) is 3. The molecule has 1 aliphatic heterocycles. The maximum Gasteiger partial charge on any atom is 0.237 e. The number of benzene rings is 1. The number of rotatable bonds is 4. The average Bonchev–Trinajstić information content (AvgIpc) is 2.90. The summed E-state index contributed by atoms with van der Waals surface area (Å²) in [4.78, 5) is 19.7. The lowest BCUT2D eigenvalue weighted by molar-refractivity contribution is -0.123. The van der Waals surface area contributed by atoms with Gasteiger partial charge in [0.15, 0.2) is 0 Å². The van der Waals surface area contributed by atoms with Crippen molar-refractivity contribution in [3.63, 3.8) is 0 Å². The van der Waals surface area contributed by atoms with E-state index in [1.807, 2.05) is 24.3 Å². The number of carbonyl (C=O) groups excluding carboxylic acids is 1. The van der Waals surface area contributed by atoms with E-state index >= 15 is 0 Å². The van der Waals surface area contributed by atoms with Gasteiger partial charge in [-0.25, -0.2) is 4.98 Å². The quantitative estimate of drug-likeness (QED) is 0.787. The van der Waals surface area contributed by atoms with E-state index in [1.54, 1.807) is 0 Å². The van der Waals surface area contributed by atoms with Crippen molar-refractivity contribution in [2.24, 2.45) is 0 Å². The number of nitrogens with one attached hydrogen (secondary N) is 3. The van der Waals surface area contributed by atoms with Gasteiger partial charge in [0, 0.05) is 13.0 Å². The van der Waals surface area contributed by atoms with Crippen molar-refractivity contribution in [2.45, 2.75) is 31.7 Å². The Morgan fingerprint density at radius 1 is 1.35 bits per heavy atom. The van der Waals surface area contributed by atoms with Gasteiger partial charge in [0.2, 0.25) is 5.91 Å². The van der Waals surface area contributed by atoms with E-state index in [4.69, 9.17) is 0 Å². The third kappa shape index (κ3) is 2.99. The van der Waals surface area contributed by atoms with Crippen LogP contribution >= 0.6 is 0 Å². The molecule has 1 aromatic carbocycles. The maximum atomic E-state index is 12.0. The fraction of sp³-hybridized carbons (Fsp3) is 0.467. The summed E-state index contributed by atoms with van der Waals surface area (Å²) in [5.41, 5.74) is 2.02. The number of H-pyrrole nitrogens is 1. The molecule has 3 rings (SSSR count). The number of imidazole rings is 1. The van der Waals surface area contributed by atoms with Crippen LogP contribution in [0.5, 0.6) is 0 Å². The molecule has 1 aromatic heterocycles. The van der Waals surface area contributed by atoms with Crippen LogP contribution in [-0.2, 0) is 11.2 Å². The molecule has 1 atom stereocenters. The van der Waals surface area contributed by atoms with Crippen LogP contribution < -0.4 is 10.6 Å². The van der Waals surface area contributed by atoms with Gasteiger partial charge in [0.05, 0.1) is 17.1 Å². The van der Waals surface area contributed by atoms with Crippen LogP contribution in [-0.4, -0.2) is 35.0 Å².